The van der Waals surface area contributed by atoms with Gasteiger partial charge in [-0.15, -0.1) is 0 Å². The molecule has 6 rings (SSSR count). The van der Waals surface area contributed by atoms with Gasteiger partial charge in [0, 0.05) is 31.0 Å². The summed E-state index contributed by atoms with van der Waals surface area (Å²) in [5, 5.41) is 2.42. The third-order valence-electron chi connectivity index (χ3n) is 8.59. The summed E-state index contributed by atoms with van der Waals surface area (Å²) in [6.45, 7) is 2.35. The first-order valence-corrected chi connectivity index (χ1v) is 14.9. The van der Waals surface area contributed by atoms with E-state index in [0.29, 0.717) is 37.2 Å². The highest BCUT2D eigenvalue weighted by atomic mass is 32.2. The smallest absolute Gasteiger partial charge is 0.264 e. The number of likely N-dealkylation sites (tertiary alicyclic amines) is 1. The van der Waals surface area contributed by atoms with E-state index in [-0.39, 0.29) is 28.0 Å². The van der Waals surface area contributed by atoms with Crippen LogP contribution in [0.15, 0.2) is 65.6 Å². The van der Waals surface area contributed by atoms with Gasteiger partial charge in [0.25, 0.3) is 15.9 Å². The van der Waals surface area contributed by atoms with Crippen molar-refractivity contribution in [1.82, 2.24) is 4.90 Å². The fraction of sp³-hybridized carbons (Fsp3) is 0.333. The average molecular weight is 584 g/mol. The number of hydrogen-bond donors (Lipinski definition) is 1. The van der Waals surface area contributed by atoms with Crippen LogP contribution in [0.3, 0.4) is 0 Å². The number of piperidine rings is 1. The van der Waals surface area contributed by atoms with Gasteiger partial charge in [-0.25, -0.2) is 21.6 Å². The molecule has 3 aromatic rings. The van der Waals surface area contributed by atoms with Crippen LogP contribution in [0, 0.1) is 23.4 Å². The van der Waals surface area contributed by atoms with Crippen molar-refractivity contribution in [3.05, 3.63) is 89.2 Å². The fourth-order valence-corrected chi connectivity index (χ4v) is 8.23. The molecule has 3 aromatic carbocycles. The number of nitrogens with zero attached hydrogens (tertiary/aromatic N) is 2. The number of nitrogens with one attached hydrogen (secondary N) is 1. The first kappa shape index (κ1) is 27.3. The molecule has 2 heterocycles. The van der Waals surface area contributed by atoms with Crippen LogP contribution in [0.5, 0.6) is 0 Å². The number of fused-ring (bicyclic) bond motifs is 2. The molecule has 1 atom stereocenters. The van der Waals surface area contributed by atoms with Crippen LogP contribution >= 0.6 is 0 Å². The predicted octanol–water partition coefficient (Wildman–Crippen LogP) is 5.22. The van der Waals surface area contributed by atoms with Crippen LogP contribution in [-0.4, -0.2) is 44.3 Å². The van der Waals surface area contributed by atoms with Crippen LogP contribution < -0.4 is 9.62 Å². The molecule has 41 heavy (non-hydrogen) atoms. The summed E-state index contributed by atoms with van der Waals surface area (Å²) in [6.07, 6.45) is 2.64. The molecular formula is C30H28F3N3O4S. The number of carbonyl (C=O) groups is 2. The molecule has 1 unspecified atom stereocenters. The number of benzene rings is 3. The summed E-state index contributed by atoms with van der Waals surface area (Å²) in [6, 6.07) is 12.4. The summed E-state index contributed by atoms with van der Waals surface area (Å²) < 4.78 is 71.5. The Morgan fingerprint density at radius 3 is 2.27 bits per heavy atom. The third kappa shape index (κ3) is 4.56. The molecule has 11 heteroatoms. The van der Waals surface area contributed by atoms with Gasteiger partial charge in [0.2, 0.25) is 5.91 Å². The average Bonchev–Trinajstić information content (AvgIpc) is 3.75. The summed E-state index contributed by atoms with van der Waals surface area (Å²) in [7, 11) is -4.13. The van der Waals surface area contributed by atoms with Crippen LogP contribution in [0.2, 0.25) is 0 Å². The van der Waals surface area contributed by atoms with Crippen molar-refractivity contribution in [1.29, 1.82) is 0 Å². The molecule has 1 N–H and O–H groups in total. The van der Waals surface area contributed by atoms with Crippen molar-refractivity contribution in [2.45, 2.75) is 49.0 Å². The van der Waals surface area contributed by atoms with E-state index in [1.165, 1.54) is 41.6 Å². The lowest BCUT2D eigenvalue weighted by Gasteiger charge is -2.45. The number of rotatable bonds is 5. The van der Waals surface area contributed by atoms with Gasteiger partial charge in [-0.3, -0.25) is 13.9 Å². The van der Waals surface area contributed by atoms with E-state index in [1.54, 1.807) is 17.0 Å². The van der Waals surface area contributed by atoms with Gasteiger partial charge in [-0.2, -0.15) is 0 Å². The van der Waals surface area contributed by atoms with E-state index in [4.69, 9.17) is 0 Å². The lowest BCUT2D eigenvalue weighted by Crippen LogP contribution is -2.54. The highest BCUT2D eigenvalue weighted by Gasteiger charge is 2.60. The first-order chi connectivity index (χ1) is 19.5. The zero-order chi connectivity index (χ0) is 29.1. The minimum absolute atomic E-state index is 0.0443. The molecule has 1 aliphatic carbocycles. The minimum Gasteiger partial charge on any atom is -0.343 e. The lowest BCUT2D eigenvalue weighted by atomic mass is 9.68. The van der Waals surface area contributed by atoms with E-state index >= 15 is 0 Å². The standard InChI is InChI=1S/C30H28F3N3O4S/c1-18(37)35-15-13-30(14-16-35)23-17-20(29(38)34-25-4-2-3-24(32)27(25)33)7-12-26(23)36(28(30)19-5-6-19)41(39,40)22-10-8-21(31)9-11-22/h2-4,7-12,17,19,28H,5-6,13-16H2,1H3,(H,34,38). The van der Waals surface area contributed by atoms with Crippen molar-refractivity contribution in [3.63, 3.8) is 0 Å². The number of carbonyl (C=O) groups excluding carboxylic acids is 2. The molecule has 2 aliphatic heterocycles. The van der Waals surface area contributed by atoms with E-state index < -0.39 is 44.8 Å². The second-order valence-electron chi connectivity index (χ2n) is 11.0. The zero-order valence-corrected chi connectivity index (χ0v) is 23.1. The topological polar surface area (TPSA) is 86.8 Å². The number of anilines is 2. The number of hydrogen-bond acceptors (Lipinski definition) is 4. The summed E-state index contributed by atoms with van der Waals surface area (Å²) in [4.78, 5) is 27.1. The second-order valence-corrected chi connectivity index (χ2v) is 12.8. The summed E-state index contributed by atoms with van der Waals surface area (Å²) in [5.74, 6) is -3.50. The Morgan fingerprint density at radius 1 is 0.951 bits per heavy atom. The molecule has 0 bridgehead atoms. The SMILES string of the molecule is CC(=O)N1CCC2(CC1)c1cc(C(=O)Nc3cccc(F)c3F)ccc1N(S(=O)(=O)c1ccc(F)cc1)C2C1CC1. The number of halogens is 3. The van der Waals surface area contributed by atoms with E-state index in [2.05, 4.69) is 5.32 Å². The Hall–Kier alpha value is -3.86. The predicted molar refractivity (Wildman–Crippen MR) is 146 cm³/mol. The second kappa shape index (κ2) is 9.90. The van der Waals surface area contributed by atoms with Gasteiger partial charge in [-0.05, 0) is 91.8 Å². The van der Waals surface area contributed by atoms with Gasteiger partial charge in [0.15, 0.2) is 11.6 Å². The van der Waals surface area contributed by atoms with Crippen LogP contribution in [0.4, 0.5) is 24.5 Å². The zero-order valence-electron chi connectivity index (χ0n) is 22.2. The van der Waals surface area contributed by atoms with Gasteiger partial charge < -0.3 is 10.2 Å². The molecule has 1 saturated heterocycles. The van der Waals surface area contributed by atoms with Gasteiger partial charge in [0.05, 0.1) is 22.3 Å². The maximum atomic E-state index is 14.3. The van der Waals surface area contributed by atoms with Crippen molar-refractivity contribution in [2.24, 2.45) is 5.92 Å². The Bertz CT molecular complexity index is 1650. The van der Waals surface area contributed by atoms with Crippen LogP contribution in [0.25, 0.3) is 0 Å². The maximum Gasteiger partial charge on any atom is 0.264 e. The van der Waals surface area contributed by atoms with Crippen molar-refractivity contribution in [3.8, 4) is 0 Å². The van der Waals surface area contributed by atoms with E-state index in [0.717, 1.165) is 31.0 Å². The monoisotopic (exact) mass is 583 g/mol. The molecule has 214 valence electrons. The molecule has 1 spiro atoms. The van der Waals surface area contributed by atoms with Gasteiger partial charge in [-0.1, -0.05) is 6.07 Å². The quantitative estimate of drug-likeness (QED) is 0.446. The summed E-state index contributed by atoms with van der Waals surface area (Å²) in [5.41, 5.74) is 0.259. The Morgan fingerprint density at radius 2 is 1.63 bits per heavy atom. The molecule has 3 aliphatic rings. The van der Waals surface area contributed by atoms with Crippen molar-refractivity contribution < 1.29 is 31.2 Å². The molecular weight excluding hydrogens is 555 g/mol. The molecule has 0 aromatic heterocycles. The number of sulfonamides is 1. The lowest BCUT2D eigenvalue weighted by molar-refractivity contribution is -0.130. The fourth-order valence-electron chi connectivity index (χ4n) is 6.44. The largest absolute Gasteiger partial charge is 0.343 e. The van der Waals surface area contributed by atoms with Crippen molar-refractivity contribution >= 4 is 33.2 Å². The molecule has 0 radical (unpaired) electrons. The number of amides is 2. The third-order valence-corrected chi connectivity index (χ3v) is 10.4. The normalized spacial score (nSPS) is 19.8. The molecule has 2 fully saturated rings. The highest BCUT2D eigenvalue weighted by molar-refractivity contribution is 7.92. The Kier molecular flexibility index (Phi) is 6.60. The van der Waals surface area contributed by atoms with E-state index in [1.807, 2.05) is 0 Å². The Balaban J connectivity index is 1.46. The molecule has 7 nitrogen and oxygen atoms in total. The first-order valence-electron chi connectivity index (χ1n) is 13.5. The Labute approximate surface area is 236 Å². The minimum atomic E-state index is -4.13. The van der Waals surface area contributed by atoms with Crippen molar-refractivity contribution in [2.75, 3.05) is 22.7 Å². The van der Waals surface area contributed by atoms with Gasteiger partial charge >= 0.3 is 0 Å². The molecule has 2 amide bonds. The van der Waals surface area contributed by atoms with Crippen LogP contribution in [-0.2, 0) is 20.2 Å². The van der Waals surface area contributed by atoms with Crippen LogP contribution in [0.1, 0.15) is 48.5 Å². The highest BCUT2D eigenvalue weighted by Crippen LogP contribution is 2.59. The van der Waals surface area contributed by atoms with E-state index in [9.17, 15) is 31.2 Å². The molecule has 1 saturated carbocycles. The van der Waals surface area contributed by atoms with Gasteiger partial charge in [0.1, 0.15) is 5.82 Å². The summed E-state index contributed by atoms with van der Waals surface area (Å²) >= 11 is 0. The maximum absolute atomic E-state index is 14.3.